The summed E-state index contributed by atoms with van der Waals surface area (Å²) < 4.78 is 0. The van der Waals surface area contributed by atoms with Crippen LogP contribution in [0.15, 0.2) is 30.0 Å². The maximum absolute atomic E-state index is 5.62. The molecule has 0 aliphatic carbocycles. The first-order chi connectivity index (χ1) is 7.79. The van der Waals surface area contributed by atoms with Crippen LogP contribution in [0.2, 0.25) is 0 Å². The molecule has 0 fully saturated rings. The second-order valence-corrected chi connectivity index (χ2v) is 4.33. The molecule has 5 N–H and O–H groups in total. The first kappa shape index (κ1) is 11.0. The van der Waals surface area contributed by atoms with Crippen LogP contribution < -0.4 is 17.0 Å². The summed E-state index contributed by atoms with van der Waals surface area (Å²) >= 11 is 1.58. The Morgan fingerprint density at radius 2 is 2.38 bits per heavy atom. The molecule has 0 amide bonds. The molecule has 0 aliphatic rings. The number of hydrogen-bond donors (Lipinski definition) is 3. The fraction of sp³-hybridized carbons (Fsp3) is 0.200. The lowest BCUT2D eigenvalue weighted by Crippen LogP contribution is -2.29. The Bertz CT molecular complexity index is 442. The van der Waals surface area contributed by atoms with Crippen LogP contribution in [0.5, 0.6) is 0 Å². The highest BCUT2D eigenvalue weighted by molar-refractivity contribution is 7.09. The van der Waals surface area contributed by atoms with E-state index < -0.39 is 0 Å². The molecular weight excluding hydrogens is 222 g/mol. The Hall–Kier alpha value is -1.50. The Morgan fingerprint density at radius 1 is 1.50 bits per heavy atom. The number of hydrazine groups is 1. The van der Waals surface area contributed by atoms with E-state index in [2.05, 4.69) is 15.4 Å². The molecular formula is C10H13N5S. The Kier molecular flexibility index (Phi) is 3.45. The van der Waals surface area contributed by atoms with Gasteiger partial charge in [0, 0.05) is 17.3 Å². The smallest absolute Gasteiger partial charge is 0.123 e. The van der Waals surface area contributed by atoms with Crippen LogP contribution in [0.1, 0.15) is 16.5 Å². The first-order valence-electron chi connectivity index (χ1n) is 4.84. The van der Waals surface area contributed by atoms with Crippen LogP contribution in [0.4, 0.5) is 5.82 Å². The summed E-state index contributed by atoms with van der Waals surface area (Å²) in [7, 11) is 0. The number of thiazole rings is 1. The number of nitrogens with one attached hydrogen (secondary N) is 1. The largest absolute Gasteiger partial charge is 0.384 e. The molecule has 1 unspecified atom stereocenters. The summed E-state index contributed by atoms with van der Waals surface area (Å²) in [5.41, 5.74) is 11.3. The van der Waals surface area contributed by atoms with Crippen molar-refractivity contribution < 1.29 is 0 Å². The predicted octanol–water partition coefficient (Wildman–Crippen LogP) is 0.867. The molecule has 84 valence electrons. The van der Waals surface area contributed by atoms with Crippen LogP contribution in [-0.4, -0.2) is 9.97 Å². The molecule has 0 radical (unpaired) electrons. The Balaban J connectivity index is 2.13. The number of nitrogen functional groups attached to an aromatic ring is 1. The zero-order valence-corrected chi connectivity index (χ0v) is 9.45. The summed E-state index contributed by atoms with van der Waals surface area (Å²) in [5, 5.41) is 0. The molecule has 2 heterocycles. The van der Waals surface area contributed by atoms with Gasteiger partial charge >= 0.3 is 0 Å². The highest BCUT2D eigenvalue weighted by atomic mass is 32.1. The van der Waals surface area contributed by atoms with E-state index in [1.165, 1.54) is 0 Å². The van der Waals surface area contributed by atoms with E-state index in [0.29, 0.717) is 5.82 Å². The van der Waals surface area contributed by atoms with E-state index in [1.54, 1.807) is 23.0 Å². The minimum absolute atomic E-state index is 0.0642. The van der Waals surface area contributed by atoms with Crippen molar-refractivity contribution >= 4 is 17.2 Å². The van der Waals surface area contributed by atoms with Crippen molar-refractivity contribution in [2.45, 2.75) is 12.5 Å². The normalized spacial score (nSPS) is 12.6. The number of rotatable bonds is 4. The molecule has 0 saturated heterocycles. The van der Waals surface area contributed by atoms with Gasteiger partial charge in [-0.15, -0.1) is 11.3 Å². The molecule has 2 aromatic heterocycles. The number of nitrogens with zero attached hydrogens (tertiary/aromatic N) is 2. The van der Waals surface area contributed by atoms with Crippen molar-refractivity contribution in [1.29, 1.82) is 0 Å². The van der Waals surface area contributed by atoms with Crippen LogP contribution in [0.25, 0.3) is 0 Å². The van der Waals surface area contributed by atoms with E-state index in [0.717, 1.165) is 16.9 Å². The van der Waals surface area contributed by atoms with Crippen LogP contribution in [0, 0.1) is 0 Å². The van der Waals surface area contributed by atoms with Gasteiger partial charge in [0.15, 0.2) is 0 Å². The van der Waals surface area contributed by atoms with E-state index in [4.69, 9.17) is 11.6 Å². The average Bonchev–Trinajstić information content (AvgIpc) is 2.79. The number of anilines is 1. The van der Waals surface area contributed by atoms with E-state index in [9.17, 15) is 0 Å². The van der Waals surface area contributed by atoms with E-state index in [1.807, 2.05) is 18.3 Å². The minimum Gasteiger partial charge on any atom is -0.384 e. The number of pyridine rings is 1. The molecule has 5 nitrogen and oxygen atoms in total. The van der Waals surface area contributed by atoms with Crippen molar-refractivity contribution in [3.8, 4) is 0 Å². The van der Waals surface area contributed by atoms with E-state index in [-0.39, 0.29) is 6.04 Å². The third kappa shape index (κ3) is 2.54. The van der Waals surface area contributed by atoms with Gasteiger partial charge in [-0.25, -0.2) is 4.98 Å². The number of hydrogen-bond acceptors (Lipinski definition) is 6. The van der Waals surface area contributed by atoms with Gasteiger partial charge in [0.05, 0.1) is 11.6 Å². The highest BCUT2D eigenvalue weighted by Gasteiger charge is 2.12. The zero-order chi connectivity index (χ0) is 11.4. The third-order valence-corrected chi connectivity index (χ3v) is 3.17. The fourth-order valence-corrected chi connectivity index (χ4v) is 2.18. The Morgan fingerprint density at radius 3 is 3.00 bits per heavy atom. The van der Waals surface area contributed by atoms with Crippen LogP contribution in [0.3, 0.4) is 0 Å². The lowest BCUT2D eigenvalue weighted by atomic mass is 10.1. The van der Waals surface area contributed by atoms with Gasteiger partial charge in [-0.05, 0) is 24.1 Å². The van der Waals surface area contributed by atoms with Crippen LogP contribution >= 0.6 is 11.3 Å². The first-order valence-corrected chi connectivity index (χ1v) is 5.72. The zero-order valence-electron chi connectivity index (χ0n) is 8.63. The lowest BCUT2D eigenvalue weighted by molar-refractivity contribution is 0.559. The molecule has 6 heteroatoms. The van der Waals surface area contributed by atoms with Crippen molar-refractivity contribution in [3.63, 3.8) is 0 Å². The SMILES string of the molecule is NNC(Cc1ccnc(N)c1)c1cncs1. The highest BCUT2D eigenvalue weighted by Crippen LogP contribution is 2.21. The van der Waals surface area contributed by atoms with Crippen LogP contribution in [-0.2, 0) is 6.42 Å². The molecule has 0 saturated carbocycles. The summed E-state index contributed by atoms with van der Waals surface area (Å²) in [6.45, 7) is 0. The third-order valence-electron chi connectivity index (χ3n) is 2.28. The van der Waals surface area contributed by atoms with Crippen molar-refractivity contribution in [2.75, 3.05) is 5.73 Å². The maximum atomic E-state index is 5.62. The van der Waals surface area contributed by atoms with Crippen molar-refractivity contribution in [2.24, 2.45) is 5.84 Å². The van der Waals surface area contributed by atoms with Crippen molar-refractivity contribution in [3.05, 3.63) is 40.5 Å². The second-order valence-electron chi connectivity index (χ2n) is 3.42. The lowest BCUT2D eigenvalue weighted by Gasteiger charge is -2.13. The minimum atomic E-state index is 0.0642. The second kappa shape index (κ2) is 5.02. The van der Waals surface area contributed by atoms with E-state index >= 15 is 0 Å². The van der Waals surface area contributed by atoms with Crippen molar-refractivity contribution in [1.82, 2.24) is 15.4 Å². The molecule has 2 aromatic rings. The average molecular weight is 235 g/mol. The molecule has 0 aromatic carbocycles. The van der Waals surface area contributed by atoms with Gasteiger partial charge in [0.2, 0.25) is 0 Å². The van der Waals surface area contributed by atoms with Gasteiger partial charge in [-0.1, -0.05) is 0 Å². The Labute approximate surface area is 97.5 Å². The monoisotopic (exact) mass is 235 g/mol. The summed E-state index contributed by atoms with van der Waals surface area (Å²) in [6.07, 6.45) is 4.29. The standard InChI is InChI=1S/C10H13N5S/c11-10-4-7(1-2-14-10)3-8(15-12)9-5-13-6-16-9/h1-2,4-6,8,15H,3,12H2,(H2,11,14). The predicted molar refractivity (Wildman–Crippen MR) is 64.5 cm³/mol. The number of nitrogens with two attached hydrogens (primary N) is 2. The quantitative estimate of drug-likeness (QED) is 0.540. The summed E-state index contributed by atoms with van der Waals surface area (Å²) in [5.74, 6) is 6.06. The molecule has 1 atom stereocenters. The molecule has 0 spiro atoms. The molecule has 16 heavy (non-hydrogen) atoms. The van der Waals surface area contributed by atoms with Gasteiger partial charge in [0.1, 0.15) is 5.82 Å². The summed E-state index contributed by atoms with van der Waals surface area (Å²) in [6, 6.07) is 3.85. The fourth-order valence-electron chi connectivity index (χ4n) is 1.50. The maximum Gasteiger partial charge on any atom is 0.123 e. The van der Waals surface area contributed by atoms with Gasteiger partial charge in [0.25, 0.3) is 0 Å². The molecule has 0 aliphatic heterocycles. The number of aromatic nitrogens is 2. The van der Waals surface area contributed by atoms with Gasteiger partial charge in [-0.2, -0.15) is 0 Å². The summed E-state index contributed by atoms with van der Waals surface area (Å²) in [4.78, 5) is 9.10. The molecule has 2 rings (SSSR count). The van der Waals surface area contributed by atoms with Gasteiger partial charge in [-0.3, -0.25) is 16.3 Å². The van der Waals surface area contributed by atoms with Gasteiger partial charge < -0.3 is 5.73 Å². The topological polar surface area (TPSA) is 89.8 Å². The molecule has 0 bridgehead atoms.